The number of carbonyl (C=O) groups excluding carboxylic acids is 1. The highest BCUT2D eigenvalue weighted by Crippen LogP contribution is 2.32. The maximum Gasteiger partial charge on any atom is 0.410 e. The number of carbonyl (C=O) groups is 1. The normalized spacial score (nSPS) is 18.7. The van der Waals surface area contributed by atoms with Crippen molar-refractivity contribution in [2.45, 2.75) is 38.0 Å². The second-order valence-electron chi connectivity index (χ2n) is 8.46. The molecule has 0 aromatic heterocycles. The molecule has 1 atom stereocenters. The third-order valence-electron chi connectivity index (χ3n) is 4.94. The lowest BCUT2D eigenvalue weighted by Crippen LogP contribution is -2.38. The summed E-state index contributed by atoms with van der Waals surface area (Å²) in [5.74, 6) is 1.90. The minimum atomic E-state index is -3.41. The van der Waals surface area contributed by atoms with E-state index in [0.717, 1.165) is 5.75 Å². The van der Waals surface area contributed by atoms with Gasteiger partial charge in [-0.3, -0.25) is 0 Å². The number of amides is 1. The molecule has 1 aliphatic heterocycles. The molecule has 0 spiro atoms. The average Bonchev–Trinajstić information content (AvgIpc) is 2.86. The number of rotatable bonds is 4. The van der Waals surface area contributed by atoms with Gasteiger partial charge in [-0.2, -0.15) is 0 Å². The first-order valence-electron chi connectivity index (χ1n) is 10.2. The fourth-order valence-corrected chi connectivity index (χ4v) is 5.15. The van der Waals surface area contributed by atoms with E-state index in [9.17, 15) is 13.2 Å². The number of hydrogen-bond donors (Lipinski definition) is 0. The Morgan fingerprint density at radius 1 is 0.935 bits per heavy atom. The van der Waals surface area contributed by atoms with Crippen LogP contribution in [0.3, 0.4) is 0 Å². The van der Waals surface area contributed by atoms with Crippen LogP contribution in [0.15, 0.2) is 48.5 Å². The van der Waals surface area contributed by atoms with Crippen LogP contribution in [0.25, 0.3) is 0 Å². The van der Waals surface area contributed by atoms with Crippen molar-refractivity contribution in [3.63, 3.8) is 0 Å². The van der Waals surface area contributed by atoms with Crippen molar-refractivity contribution in [2.24, 2.45) is 0 Å². The van der Waals surface area contributed by atoms with Gasteiger partial charge < -0.3 is 19.1 Å². The highest BCUT2D eigenvalue weighted by molar-refractivity contribution is 7.91. The fraction of sp³-hybridized carbons (Fsp3) is 0.435. The van der Waals surface area contributed by atoms with Crippen molar-refractivity contribution in [3.05, 3.63) is 54.1 Å². The number of hydrogen-bond acceptors (Lipinski definition) is 6. The molecule has 31 heavy (non-hydrogen) atoms. The predicted octanol–water partition coefficient (Wildman–Crippen LogP) is 4.58. The van der Waals surface area contributed by atoms with Gasteiger partial charge in [0.25, 0.3) is 0 Å². The molecular weight excluding hydrogens is 418 g/mol. The number of nitrogens with zero attached hydrogens (tertiary/aromatic N) is 1. The summed E-state index contributed by atoms with van der Waals surface area (Å²) >= 11 is 0. The van der Waals surface area contributed by atoms with Crippen LogP contribution in [0.4, 0.5) is 4.79 Å². The zero-order valence-electron chi connectivity index (χ0n) is 18.3. The predicted molar refractivity (Wildman–Crippen MR) is 118 cm³/mol. The van der Waals surface area contributed by atoms with Gasteiger partial charge in [-0.05, 0) is 69.2 Å². The maximum absolute atomic E-state index is 12.9. The number of benzene rings is 2. The second kappa shape index (κ2) is 9.18. The number of methoxy groups -OCH3 is 1. The number of ether oxygens (including phenoxy) is 3. The summed E-state index contributed by atoms with van der Waals surface area (Å²) in [7, 11) is -1.81. The van der Waals surface area contributed by atoms with E-state index >= 15 is 0 Å². The van der Waals surface area contributed by atoms with Crippen LogP contribution in [-0.4, -0.2) is 51.0 Å². The summed E-state index contributed by atoms with van der Waals surface area (Å²) < 4.78 is 42.1. The van der Waals surface area contributed by atoms with E-state index in [0.29, 0.717) is 30.0 Å². The van der Waals surface area contributed by atoms with Crippen LogP contribution in [-0.2, 0) is 14.6 Å². The molecule has 1 amide bonds. The smallest absolute Gasteiger partial charge is 0.410 e. The van der Waals surface area contributed by atoms with Crippen LogP contribution < -0.4 is 9.47 Å². The molecule has 1 saturated heterocycles. The molecule has 2 aromatic rings. The summed E-state index contributed by atoms with van der Waals surface area (Å²) in [5.41, 5.74) is 0.0644. The van der Waals surface area contributed by atoms with Crippen LogP contribution in [0, 0.1) is 0 Å². The first-order chi connectivity index (χ1) is 14.6. The lowest BCUT2D eigenvalue weighted by molar-refractivity contribution is 0.0263. The number of sulfone groups is 1. The highest BCUT2D eigenvalue weighted by atomic mass is 32.2. The molecule has 7 nitrogen and oxygen atoms in total. The zero-order chi connectivity index (χ0) is 22.6. The Kier molecular flexibility index (Phi) is 6.79. The van der Waals surface area contributed by atoms with Crippen molar-refractivity contribution in [1.29, 1.82) is 0 Å². The van der Waals surface area contributed by atoms with Gasteiger partial charge >= 0.3 is 6.09 Å². The Balaban J connectivity index is 1.70. The van der Waals surface area contributed by atoms with E-state index in [2.05, 4.69) is 0 Å². The van der Waals surface area contributed by atoms with Crippen LogP contribution >= 0.6 is 0 Å². The van der Waals surface area contributed by atoms with E-state index in [1.807, 2.05) is 0 Å². The molecule has 168 valence electrons. The zero-order valence-corrected chi connectivity index (χ0v) is 19.1. The van der Waals surface area contributed by atoms with Gasteiger partial charge in [-0.15, -0.1) is 0 Å². The molecule has 1 aliphatic rings. The molecule has 1 heterocycles. The van der Waals surface area contributed by atoms with Crippen LogP contribution in [0.5, 0.6) is 17.2 Å². The minimum Gasteiger partial charge on any atom is -0.497 e. The molecule has 8 heteroatoms. The Morgan fingerprint density at radius 2 is 1.48 bits per heavy atom. The lowest BCUT2D eigenvalue weighted by atomic mass is 10.1. The summed E-state index contributed by atoms with van der Waals surface area (Å²) in [5, 5.41) is -0.671. The monoisotopic (exact) mass is 447 g/mol. The summed E-state index contributed by atoms with van der Waals surface area (Å²) in [6.07, 6.45) is -0.160. The summed E-state index contributed by atoms with van der Waals surface area (Å²) in [4.78, 5) is 13.8. The van der Waals surface area contributed by atoms with E-state index < -0.39 is 26.8 Å². The van der Waals surface area contributed by atoms with Crippen LogP contribution in [0.1, 0.15) is 38.0 Å². The first kappa shape index (κ1) is 22.9. The topological polar surface area (TPSA) is 82.1 Å². The van der Waals surface area contributed by atoms with Gasteiger partial charge in [0, 0.05) is 13.1 Å². The Bertz CT molecular complexity index is 994. The fourth-order valence-electron chi connectivity index (χ4n) is 3.36. The molecule has 0 radical (unpaired) electrons. The first-order valence-corrected chi connectivity index (χ1v) is 11.9. The van der Waals surface area contributed by atoms with Gasteiger partial charge in [0.1, 0.15) is 22.8 Å². The van der Waals surface area contributed by atoms with Gasteiger partial charge in [0.05, 0.1) is 18.1 Å². The van der Waals surface area contributed by atoms with E-state index in [-0.39, 0.29) is 12.3 Å². The second-order valence-corrected chi connectivity index (χ2v) is 10.8. The Morgan fingerprint density at radius 3 is 2.03 bits per heavy atom. The van der Waals surface area contributed by atoms with Crippen molar-refractivity contribution in [1.82, 2.24) is 4.90 Å². The molecule has 1 fully saturated rings. The molecule has 0 aliphatic carbocycles. The molecule has 1 unspecified atom stereocenters. The standard InChI is InChI=1S/C23H29NO6S/c1-23(2,3)30-22(25)24-14-13-21(31(26,27)16-15-24)17-5-7-19(8-6-17)29-20-11-9-18(28-4)10-12-20/h5-12,21H,13-16H2,1-4H3. The van der Waals surface area contributed by atoms with E-state index in [1.165, 1.54) is 4.90 Å². The van der Waals surface area contributed by atoms with Crippen molar-refractivity contribution in [3.8, 4) is 17.2 Å². The maximum atomic E-state index is 12.9. The highest BCUT2D eigenvalue weighted by Gasteiger charge is 2.34. The van der Waals surface area contributed by atoms with Crippen molar-refractivity contribution < 1.29 is 27.4 Å². The Labute approximate surface area is 183 Å². The average molecular weight is 448 g/mol. The van der Waals surface area contributed by atoms with Gasteiger partial charge in [-0.25, -0.2) is 13.2 Å². The van der Waals surface area contributed by atoms with Crippen molar-refractivity contribution >= 4 is 15.9 Å². The Hall–Kier alpha value is -2.74. The quantitative estimate of drug-likeness (QED) is 0.682. The molecule has 2 aromatic carbocycles. The molecule has 0 N–H and O–H groups in total. The summed E-state index contributed by atoms with van der Waals surface area (Å²) in [6.45, 7) is 5.82. The van der Waals surface area contributed by atoms with E-state index in [4.69, 9.17) is 14.2 Å². The van der Waals surface area contributed by atoms with Crippen LogP contribution in [0.2, 0.25) is 0 Å². The SMILES string of the molecule is COc1ccc(Oc2ccc(C3CCN(C(=O)OC(C)(C)C)CCS3(=O)=O)cc2)cc1. The third kappa shape index (κ3) is 6.13. The van der Waals surface area contributed by atoms with E-state index in [1.54, 1.807) is 76.4 Å². The van der Waals surface area contributed by atoms with Gasteiger partial charge in [0.15, 0.2) is 9.84 Å². The van der Waals surface area contributed by atoms with Gasteiger partial charge in [0.2, 0.25) is 0 Å². The largest absolute Gasteiger partial charge is 0.497 e. The van der Waals surface area contributed by atoms with Gasteiger partial charge in [-0.1, -0.05) is 12.1 Å². The summed E-state index contributed by atoms with van der Waals surface area (Å²) in [6, 6.07) is 14.3. The lowest BCUT2D eigenvalue weighted by Gasteiger charge is -2.26. The molecular formula is C23H29NO6S. The molecule has 3 rings (SSSR count). The third-order valence-corrected chi connectivity index (χ3v) is 7.07. The molecule has 0 saturated carbocycles. The minimum absolute atomic E-state index is 0.0962. The van der Waals surface area contributed by atoms with Crippen molar-refractivity contribution in [2.75, 3.05) is 26.0 Å². The molecule has 0 bridgehead atoms.